The van der Waals surface area contributed by atoms with Crippen LogP contribution in [0.5, 0.6) is 0 Å². The minimum absolute atomic E-state index is 0. The van der Waals surface area contributed by atoms with Gasteiger partial charge in [-0.25, -0.2) is 0 Å². The van der Waals surface area contributed by atoms with E-state index in [0.29, 0.717) is 0 Å². The van der Waals surface area contributed by atoms with Gasteiger partial charge >= 0.3 is 41.0 Å². The van der Waals surface area contributed by atoms with Gasteiger partial charge in [-0.15, -0.1) is 0 Å². The van der Waals surface area contributed by atoms with Gasteiger partial charge in [-0.05, 0) is 0 Å². The van der Waals surface area contributed by atoms with Gasteiger partial charge < -0.3 is 0 Å². The van der Waals surface area contributed by atoms with Crippen LogP contribution in [0.2, 0.25) is 10.0 Å². The molecule has 0 bridgehead atoms. The summed E-state index contributed by atoms with van der Waals surface area (Å²) in [4.78, 5) is 0. The molecule has 0 rings (SSSR count). The van der Waals surface area contributed by atoms with Gasteiger partial charge in [0.2, 0.25) is 0 Å². The fourth-order valence-corrected chi connectivity index (χ4v) is 1.84. The molecule has 0 saturated carbocycles. The fourth-order valence-electron chi connectivity index (χ4n) is 0.354. The number of hydrogen-bond donors (Lipinski definition) is 0. The Morgan fingerprint density at radius 2 is 1.50 bits per heavy atom. The minimum Gasteiger partial charge on any atom is 0 e. The second kappa shape index (κ2) is 9.47. The zero-order valence-electron chi connectivity index (χ0n) is 4.50. The van der Waals surface area contributed by atoms with E-state index in [4.69, 9.17) is 0 Å². The van der Waals surface area contributed by atoms with E-state index >= 15 is 0 Å². The molecule has 0 aliphatic rings. The third-order valence-electron chi connectivity index (χ3n) is 0.707. The first kappa shape index (κ1) is 10.2. The Labute approximate surface area is 58.2 Å². The van der Waals surface area contributed by atoms with Crippen LogP contribution in [0, 0.1) is 0 Å². The van der Waals surface area contributed by atoms with Crippen molar-refractivity contribution in [1.82, 2.24) is 0 Å². The molecule has 2 heteroatoms. The topological polar surface area (TPSA) is 0 Å². The summed E-state index contributed by atoms with van der Waals surface area (Å²) < 4.78 is 0. The van der Waals surface area contributed by atoms with Crippen LogP contribution < -0.4 is 0 Å². The molecule has 0 N–H and O–H groups in total. The van der Waals surface area contributed by atoms with Gasteiger partial charge in [-0.1, -0.05) is 0 Å². The Morgan fingerprint density at radius 1 is 1.17 bits per heavy atom. The van der Waals surface area contributed by atoms with E-state index in [2.05, 4.69) is 13.8 Å². The SMILES string of the molecule is C[CH2][Zn][CH2]C.[Mn]. The van der Waals surface area contributed by atoms with E-state index in [1.54, 1.807) is 0 Å². The van der Waals surface area contributed by atoms with E-state index in [9.17, 15) is 0 Å². The van der Waals surface area contributed by atoms with Crippen molar-refractivity contribution in [2.45, 2.75) is 23.9 Å². The Morgan fingerprint density at radius 3 is 1.50 bits per heavy atom. The van der Waals surface area contributed by atoms with Gasteiger partial charge in [0.15, 0.2) is 0 Å². The summed E-state index contributed by atoms with van der Waals surface area (Å²) in [6.45, 7) is 4.59. The maximum Gasteiger partial charge on any atom is 0 e. The Balaban J connectivity index is 0. The second-order valence-electron chi connectivity index (χ2n) is 1.35. The first-order valence-electron chi connectivity index (χ1n) is 2.41. The van der Waals surface area contributed by atoms with Crippen molar-refractivity contribution < 1.29 is 34.2 Å². The largest absolute Gasteiger partial charge is 0 e. The molecule has 0 aromatic rings. The summed E-state index contributed by atoms with van der Waals surface area (Å²) in [7, 11) is 0. The molecular weight excluding hydrogens is 168 g/mol. The molecule has 0 aromatic heterocycles. The molecule has 0 saturated heterocycles. The quantitative estimate of drug-likeness (QED) is 0.567. The number of hydrogen-bond acceptors (Lipinski definition) is 0. The fraction of sp³-hybridized carbons (Fsp3) is 1.00. The summed E-state index contributed by atoms with van der Waals surface area (Å²) in [5.41, 5.74) is 0. The summed E-state index contributed by atoms with van der Waals surface area (Å²) in [5, 5.41) is 3.06. The first-order valence-corrected chi connectivity index (χ1v) is 6.61. The van der Waals surface area contributed by atoms with Crippen LogP contribution in [0.25, 0.3) is 0 Å². The molecule has 0 fully saturated rings. The summed E-state index contributed by atoms with van der Waals surface area (Å²) in [6.07, 6.45) is 0. The van der Waals surface area contributed by atoms with Crippen molar-refractivity contribution in [3.63, 3.8) is 0 Å². The molecule has 0 amide bonds. The van der Waals surface area contributed by atoms with E-state index in [0.717, 1.165) is 0 Å². The van der Waals surface area contributed by atoms with Crippen molar-refractivity contribution in [3.8, 4) is 0 Å². The summed E-state index contributed by atoms with van der Waals surface area (Å²) in [6, 6.07) is 0. The first-order chi connectivity index (χ1) is 2.41. The van der Waals surface area contributed by atoms with E-state index < -0.39 is 0 Å². The molecule has 0 aliphatic heterocycles. The normalized spacial score (nSPS) is 5.67. The van der Waals surface area contributed by atoms with Crippen LogP contribution in [-0.4, -0.2) is 0 Å². The number of rotatable bonds is 2. The minimum atomic E-state index is 0. The van der Waals surface area contributed by atoms with Crippen molar-refractivity contribution in [1.29, 1.82) is 0 Å². The molecule has 6 heavy (non-hydrogen) atoms. The van der Waals surface area contributed by atoms with Gasteiger partial charge in [0.25, 0.3) is 0 Å². The van der Waals surface area contributed by atoms with Crippen molar-refractivity contribution in [3.05, 3.63) is 0 Å². The molecule has 0 nitrogen and oxygen atoms in total. The summed E-state index contributed by atoms with van der Waals surface area (Å²) >= 11 is 0.0972. The standard InChI is InChI=1S/2C2H5.Mn.Zn/c2*1-2;;/h2*1H2,2H3;;. The molecule has 0 aliphatic carbocycles. The van der Waals surface area contributed by atoms with Crippen molar-refractivity contribution >= 4 is 0 Å². The third-order valence-corrected chi connectivity index (χ3v) is 3.67. The predicted octanol–water partition coefficient (Wildman–Crippen LogP) is 1.94. The van der Waals surface area contributed by atoms with Gasteiger partial charge in [0.1, 0.15) is 0 Å². The van der Waals surface area contributed by atoms with Crippen molar-refractivity contribution in [2.75, 3.05) is 0 Å². The third kappa shape index (κ3) is 8.94. The maximum absolute atomic E-state index is 2.30. The molecule has 0 aromatic carbocycles. The molecule has 0 spiro atoms. The molecule has 1 radical (unpaired) electrons. The predicted molar refractivity (Wildman–Crippen MR) is 21.0 cm³/mol. The molecular formula is C4H10MnZn. The van der Waals surface area contributed by atoms with E-state index in [1.807, 2.05) is 0 Å². The molecule has 35 valence electrons. The van der Waals surface area contributed by atoms with Gasteiger partial charge in [0, 0.05) is 17.1 Å². The molecule has 0 heterocycles. The monoisotopic (exact) mass is 177 g/mol. The summed E-state index contributed by atoms with van der Waals surface area (Å²) in [5.74, 6) is 0. The molecule has 0 atom stereocenters. The van der Waals surface area contributed by atoms with Crippen LogP contribution in [0.1, 0.15) is 13.8 Å². The Bertz CT molecular complexity index is 15.0. The van der Waals surface area contributed by atoms with Gasteiger partial charge in [-0.2, -0.15) is 0 Å². The Kier molecular flexibility index (Phi) is 16.1. The van der Waals surface area contributed by atoms with Crippen molar-refractivity contribution in [2.24, 2.45) is 0 Å². The second-order valence-corrected chi connectivity index (χ2v) is 7.03. The van der Waals surface area contributed by atoms with Crippen LogP contribution in [0.4, 0.5) is 0 Å². The average molecular weight is 178 g/mol. The van der Waals surface area contributed by atoms with E-state index in [1.165, 1.54) is 10.0 Å². The maximum atomic E-state index is 2.30. The van der Waals surface area contributed by atoms with Crippen LogP contribution >= 0.6 is 0 Å². The average Bonchev–Trinajstić information content (AvgIpc) is 1.41. The zero-order valence-corrected chi connectivity index (χ0v) is 8.65. The van der Waals surface area contributed by atoms with Crippen LogP contribution in [0.3, 0.4) is 0 Å². The van der Waals surface area contributed by atoms with Crippen LogP contribution in [0.15, 0.2) is 0 Å². The zero-order chi connectivity index (χ0) is 4.12. The smallest absolute Gasteiger partial charge is 0 e. The van der Waals surface area contributed by atoms with Gasteiger partial charge in [0.05, 0.1) is 0 Å². The van der Waals surface area contributed by atoms with E-state index in [-0.39, 0.29) is 34.2 Å². The Hall–Kier alpha value is 1.14. The van der Waals surface area contributed by atoms with Crippen LogP contribution in [-0.2, 0) is 34.2 Å². The van der Waals surface area contributed by atoms with Gasteiger partial charge in [-0.3, -0.25) is 0 Å². The molecule has 0 unspecified atom stereocenters.